The minimum absolute atomic E-state index is 0.0126. The van der Waals surface area contributed by atoms with Crippen molar-refractivity contribution >= 4 is 16.8 Å². The molecule has 0 unspecified atom stereocenters. The van der Waals surface area contributed by atoms with Gasteiger partial charge in [-0.3, -0.25) is 10.1 Å². The number of hydrogen-bond acceptors (Lipinski definition) is 6. The Labute approximate surface area is 202 Å². The molecule has 7 rings (SSSR count). The van der Waals surface area contributed by atoms with Gasteiger partial charge in [0.05, 0.1) is 6.04 Å². The van der Waals surface area contributed by atoms with Crippen LogP contribution >= 0.6 is 0 Å². The predicted octanol–water partition coefficient (Wildman–Crippen LogP) is 3.64. The fraction of sp³-hybridized carbons (Fsp3) is 0.222. The zero-order valence-electron chi connectivity index (χ0n) is 19.0. The second-order valence-electron chi connectivity index (χ2n) is 8.52. The fourth-order valence-corrected chi connectivity index (χ4v) is 4.54. The molecule has 3 N–H and O–H groups in total. The van der Waals surface area contributed by atoms with Crippen LogP contribution in [0, 0.1) is 0 Å². The SMILES string of the molecule is O=C(NCc1ccc2c(c1)OCO2)[C@@H]1Cc2c([nH]c3ccccc23)CN1.c1ccc2c(c1)OCO2. The Kier molecular flexibility index (Phi) is 5.64. The van der Waals surface area contributed by atoms with Crippen molar-refractivity contribution in [2.75, 3.05) is 13.6 Å². The van der Waals surface area contributed by atoms with Crippen LogP contribution in [0.2, 0.25) is 0 Å². The smallest absolute Gasteiger partial charge is 0.237 e. The number of rotatable bonds is 3. The quantitative estimate of drug-likeness (QED) is 0.423. The van der Waals surface area contributed by atoms with Gasteiger partial charge in [0.25, 0.3) is 0 Å². The van der Waals surface area contributed by atoms with Crippen LogP contribution in [0.4, 0.5) is 0 Å². The summed E-state index contributed by atoms with van der Waals surface area (Å²) in [5, 5.41) is 7.55. The highest BCUT2D eigenvalue weighted by molar-refractivity contribution is 5.88. The van der Waals surface area contributed by atoms with Crippen molar-refractivity contribution < 1.29 is 23.7 Å². The highest BCUT2D eigenvalue weighted by atomic mass is 16.7. The second kappa shape index (κ2) is 9.23. The van der Waals surface area contributed by atoms with Gasteiger partial charge in [-0.25, -0.2) is 0 Å². The predicted molar refractivity (Wildman–Crippen MR) is 130 cm³/mol. The zero-order valence-corrected chi connectivity index (χ0v) is 19.0. The topological polar surface area (TPSA) is 93.8 Å². The number of aromatic nitrogens is 1. The van der Waals surface area contributed by atoms with Crippen LogP contribution in [0.1, 0.15) is 16.8 Å². The molecule has 0 radical (unpaired) electrons. The molecule has 0 saturated carbocycles. The molecule has 0 saturated heterocycles. The van der Waals surface area contributed by atoms with E-state index in [-0.39, 0.29) is 18.7 Å². The summed E-state index contributed by atoms with van der Waals surface area (Å²) in [4.78, 5) is 16.1. The number of amides is 1. The summed E-state index contributed by atoms with van der Waals surface area (Å²) in [6.45, 7) is 1.75. The van der Waals surface area contributed by atoms with Crippen molar-refractivity contribution in [2.24, 2.45) is 0 Å². The summed E-state index contributed by atoms with van der Waals surface area (Å²) in [6.07, 6.45) is 0.687. The molecule has 178 valence electrons. The number of aromatic amines is 1. The summed E-state index contributed by atoms with van der Waals surface area (Å²) in [6, 6.07) is 21.4. The van der Waals surface area contributed by atoms with E-state index in [1.54, 1.807) is 0 Å². The van der Waals surface area contributed by atoms with Crippen LogP contribution < -0.4 is 29.6 Å². The van der Waals surface area contributed by atoms with Crippen molar-refractivity contribution in [2.45, 2.75) is 25.6 Å². The molecule has 3 aliphatic heterocycles. The van der Waals surface area contributed by atoms with Crippen LogP contribution in [-0.2, 0) is 24.3 Å². The van der Waals surface area contributed by atoms with Crippen LogP contribution in [-0.4, -0.2) is 30.5 Å². The van der Waals surface area contributed by atoms with E-state index in [0.717, 1.165) is 34.1 Å². The molecule has 35 heavy (non-hydrogen) atoms. The third-order valence-electron chi connectivity index (χ3n) is 6.33. The summed E-state index contributed by atoms with van der Waals surface area (Å²) >= 11 is 0. The van der Waals surface area contributed by atoms with E-state index < -0.39 is 0 Å². The van der Waals surface area contributed by atoms with Crippen LogP contribution in [0.5, 0.6) is 23.0 Å². The second-order valence-corrected chi connectivity index (χ2v) is 8.52. The number of nitrogens with one attached hydrogen (secondary N) is 3. The first-order valence-corrected chi connectivity index (χ1v) is 11.6. The summed E-state index contributed by atoms with van der Waals surface area (Å²) < 4.78 is 20.8. The lowest BCUT2D eigenvalue weighted by Crippen LogP contribution is -2.47. The van der Waals surface area contributed by atoms with Gasteiger partial charge in [-0.2, -0.15) is 0 Å². The van der Waals surface area contributed by atoms with Gasteiger partial charge in [0.2, 0.25) is 19.5 Å². The number of fused-ring (bicyclic) bond motifs is 5. The minimum Gasteiger partial charge on any atom is -0.454 e. The van der Waals surface area contributed by atoms with Gasteiger partial charge in [0.1, 0.15) is 0 Å². The molecule has 0 spiro atoms. The van der Waals surface area contributed by atoms with E-state index in [0.29, 0.717) is 26.3 Å². The largest absolute Gasteiger partial charge is 0.454 e. The lowest BCUT2D eigenvalue weighted by atomic mass is 9.98. The lowest BCUT2D eigenvalue weighted by molar-refractivity contribution is -0.123. The lowest BCUT2D eigenvalue weighted by Gasteiger charge is -2.23. The maximum atomic E-state index is 12.6. The first kappa shape index (κ1) is 21.4. The van der Waals surface area contributed by atoms with Crippen LogP contribution in [0.25, 0.3) is 10.9 Å². The standard InChI is InChI=1S/C20H19N3O3.C7H6O2/c24-20(22-9-12-5-6-18-19(7-12)26-11-25-18)16-8-14-13-3-1-2-4-15(13)23-17(14)10-21-16;1-2-4-7-6(3-1)8-5-9-7/h1-7,16,21,23H,8-11H2,(H,22,24);1-4H,5H2/t16-;/m0./s1. The van der Waals surface area contributed by atoms with Crippen LogP contribution in [0.15, 0.2) is 66.7 Å². The first-order valence-electron chi connectivity index (χ1n) is 11.6. The molecule has 3 aromatic carbocycles. The Morgan fingerprint density at radius 1 is 0.857 bits per heavy atom. The molecular formula is C27H25N3O5. The fourth-order valence-electron chi connectivity index (χ4n) is 4.54. The van der Waals surface area contributed by atoms with Gasteiger partial charge >= 0.3 is 0 Å². The zero-order chi connectivity index (χ0) is 23.6. The summed E-state index contributed by atoms with van der Waals surface area (Å²) in [7, 11) is 0. The number of ether oxygens (including phenoxy) is 4. The molecule has 1 aromatic heterocycles. The third kappa shape index (κ3) is 4.36. The van der Waals surface area contributed by atoms with E-state index >= 15 is 0 Å². The Balaban J connectivity index is 0.000000212. The minimum atomic E-state index is -0.226. The van der Waals surface area contributed by atoms with E-state index in [1.807, 2.05) is 54.6 Å². The monoisotopic (exact) mass is 471 g/mol. The first-order chi connectivity index (χ1) is 17.2. The summed E-state index contributed by atoms with van der Waals surface area (Å²) in [5.41, 5.74) is 4.53. The van der Waals surface area contributed by atoms with Gasteiger partial charge in [-0.1, -0.05) is 36.4 Å². The molecule has 0 bridgehead atoms. The van der Waals surface area contributed by atoms with E-state index in [4.69, 9.17) is 18.9 Å². The molecule has 0 aliphatic carbocycles. The van der Waals surface area contributed by atoms with Crippen molar-refractivity contribution in [1.82, 2.24) is 15.6 Å². The van der Waals surface area contributed by atoms with E-state index in [9.17, 15) is 4.79 Å². The van der Waals surface area contributed by atoms with Crippen molar-refractivity contribution in [3.63, 3.8) is 0 Å². The maximum absolute atomic E-state index is 12.6. The Morgan fingerprint density at radius 3 is 2.34 bits per heavy atom. The number of hydrogen-bond donors (Lipinski definition) is 3. The molecule has 1 amide bonds. The molecule has 8 nitrogen and oxygen atoms in total. The average molecular weight is 472 g/mol. The number of carbonyl (C=O) groups is 1. The number of benzene rings is 3. The van der Waals surface area contributed by atoms with Crippen LogP contribution in [0.3, 0.4) is 0 Å². The molecule has 4 aromatic rings. The van der Waals surface area contributed by atoms with Gasteiger partial charge in [0, 0.05) is 29.7 Å². The molecular weight excluding hydrogens is 446 g/mol. The van der Waals surface area contributed by atoms with Gasteiger partial charge < -0.3 is 29.2 Å². The van der Waals surface area contributed by atoms with E-state index in [2.05, 4.69) is 27.8 Å². The van der Waals surface area contributed by atoms with Gasteiger partial charge in [0.15, 0.2) is 23.0 Å². The maximum Gasteiger partial charge on any atom is 0.237 e. The number of H-pyrrole nitrogens is 1. The van der Waals surface area contributed by atoms with Crippen molar-refractivity contribution in [3.8, 4) is 23.0 Å². The highest BCUT2D eigenvalue weighted by Crippen LogP contribution is 2.33. The number of carbonyl (C=O) groups excluding carboxylic acids is 1. The Bertz CT molecular complexity index is 1360. The van der Waals surface area contributed by atoms with E-state index in [1.165, 1.54) is 16.6 Å². The van der Waals surface area contributed by atoms with Gasteiger partial charge in [-0.05, 0) is 47.9 Å². The molecule has 3 aliphatic rings. The highest BCUT2D eigenvalue weighted by Gasteiger charge is 2.26. The normalized spacial score (nSPS) is 16.9. The third-order valence-corrected chi connectivity index (χ3v) is 6.33. The molecule has 8 heteroatoms. The van der Waals surface area contributed by atoms with Crippen molar-refractivity contribution in [3.05, 3.63) is 83.6 Å². The molecule has 1 atom stereocenters. The average Bonchev–Trinajstić information content (AvgIpc) is 3.65. The van der Waals surface area contributed by atoms with Gasteiger partial charge in [-0.15, -0.1) is 0 Å². The van der Waals surface area contributed by atoms with Crippen molar-refractivity contribution in [1.29, 1.82) is 0 Å². The molecule has 4 heterocycles. The summed E-state index contributed by atoms with van der Waals surface area (Å²) in [5.74, 6) is 3.19. The Morgan fingerprint density at radius 2 is 1.54 bits per heavy atom. The number of para-hydroxylation sites is 3. The Hall–Kier alpha value is -4.17. The molecule has 0 fully saturated rings.